The van der Waals surface area contributed by atoms with Gasteiger partial charge >= 0.3 is 0 Å². The van der Waals surface area contributed by atoms with Crippen LogP contribution in [0.3, 0.4) is 0 Å². The number of hydrogen-bond acceptors (Lipinski definition) is 3. The van der Waals surface area contributed by atoms with Gasteiger partial charge in [0.2, 0.25) is 5.95 Å². The summed E-state index contributed by atoms with van der Waals surface area (Å²) >= 11 is 0. The van der Waals surface area contributed by atoms with Gasteiger partial charge in [0.05, 0.1) is 11.9 Å². The highest BCUT2D eigenvalue weighted by Gasteiger charge is 2.06. The zero-order chi connectivity index (χ0) is 11.5. The minimum atomic E-state index is -0.294. The summed E-state index contributed by atoms with van der Waals surface area (Å²) in [6.45, 7) is 1.12. The minimum Gasteiger partial charge on any atom is -0.307 e. The SMILES string of the molecule is Cl.Cn1nccc1CNCc1cnn(C)c1F. The molecule has 0 aromatic carbocycles. The highest BCUT2D eigenvalue weighted by atomic mass is 35.5. The van der Waals surface area contributed by atoms with Crippen LogP contribution in [0.15, 0.2) is 18.5 Å². The Labute approximate surface area is 105 Å². The molecule has 17 heavy (non-hydrogen) atoms. The van der Waals surface area contributed by atoms with E-state index in [0.29, 0.717) is 18.7 Å². The first-order valence-corrected chi connectivity index (χ1v) is 5.02. The fourth-order valence-electron chi connectivity index (χ4n) is 1.49. The van der Waals surface area contributed by atoms with E-state index in [4.69, 9.17) is 0 Å². The third-order valence-corrected chi connectivity index (χ3v) is 2.48. The van der Waals surface area contributed by atoms with Crippen molar-refractivity contribution < 1.29 is 4.39 Å². The van der Waals surface area contributed by atoms with Crippen molar-refractivity contribution in [1.82, 2.24) is 24.9 Å². The standard InChI is InChI=1S/C10H14FN5.ClH/c1-15-9(3-4-13-15)7-12-5-8-6-14-16(2)10(8)11;/h3-4,6,12H,5,7H2,1-2H3;1H. The number of aryl methyl sites for hydroxylation is 2. The van der Waals surface area contributed by atoms with Crippen molar-refractivity contribution in [3.63, 3.8) is 0 Å². The molecule has 0 aliphatic heterocycles. The van der Waals surface area contributed by atoms with Gasteiger partial charge in [-0.2, -0.15) is 14.6 Å². The molecule has 1 N–H and O–H groups in total. The fourth-order valence-corrected chi connectivity index (χ4v) is 1.49. The van der Waals surface area contributed by atoms with E-state index in [0.717, 1.165) is 5.69 Å². The van der Waals surface area contributed by atoms with E-state index < -0.39 is 0 Å². The van der Waals surface area contributed by atoms with Gasteiger partial charge < -0.3 is 5.32 Å². The van der Waals surface area contributed by atoms with Crippen LogP contribution in [-0.4, -0.2) is 19.6 Å². The Kier molecular flexibility index (Phi) is 4.65. The van der Waals surface area contributed by atoms with Crippen LogP contribution in [0.25, 0.3) is 0 Å². The van der Waals surface area contributed by atoms with Crippen LogP contribution in [0.2, 0.25) is 0 Å². The van der Waals surface area contributed by atoms with Crippen molar-refractivity contribution in [3.8, 4) is 0 Å². The molecule has 0 bridgehead atoms. The van der Waals surface area contributed by atoms with Gasteiger partial charge in [-0.1, -0.05) is 0 Å². The number of nitrogens with one attached hydrogen (secondary N) is 1. The second-order valence-electron chi connectivity index (χ2n) is 3.63. The molecule has 0 aliphatic carbocycles. The van der Waals surface area contributed by atoms with Crippen molar-refractivity contribution in [2.45, 2.75) is 13.1 Å². The molecule has 0 unspecified atom stereocenters. The number of rotatable bonds is 4. The Hall–Kier alpha value is -1.40. The van der Waals surface area contributed by atoms with E-state index in [9.17, 15) is 4.39 Å². The molecule has 0 saturated carbocycles. The van der Waals surface area contributed by atoms with Gasteiger partial charge in [0, 0.05) is 38.9 Å². The van der Waals surface area contributed by atoms with Crippen molar-refractivity contribution >= 4 is 12.4 Å². The Morgan fingerprint density at radius 3 is 2.53 bits per heavy atom. The first-order valence-electron chi connectivity index (χ1n) is 5.02. The number of aromatic nitrogens is 4. The molecule has 0 saturated heterocycles. The van der Waals surface area contributed by atoms with Gasteiger partial charge in [0.25, 0.3) is 0 Å². The van der Waals surface area contributed by atoms with Crippen LogP contribution >= 0.6 is 12.4 Å². The van der Waals surface area contributed by atoms with Crippen LogP contribution in [-0.2, 0) is 27.2 Å². The van der Waals surface area contributed by atoms with Gasteiger partial charge in [-0.15, -0.1) is 12.4 Å². The van der Waals surface area contributed by atoms with Crippen LogP contribution < -0.4 is 5.32 Å². The smallest absolute Gasteiger partial charge is 0.215 e. The molecule has 7 heteroatoms. The lowest BCUT2D eigenvalue weighted by molar-refractivity contribution is 0.488. The number of nitrogens with zero attached hydrogens (tertiary/aromatic N) is 4. The molecule has 0 spiro atoms. The Bertz CT molecular complexity index is 479. The molecule has 2 aromatic rings. The maximum absolute atomic E-state index is 13.3. The Balaban J connectivity index is 0.00000144. The third kappa shape index (κ3) is 3.04. The van der Waals surface area contributed by atoms with Crippen molar-refractivity contribution in [2.24, 2.45) is 14.1 Å². The summed E-state index contributed by atoms with van der Waals surface area (Å²) in [5, 5.41) is 11.0. The van der Waals surface area contributed by atoms with Crippen LogP contribution in [0.1, 0.15) is 11.3 Å². The predicted octanol–water partition coefficient (Wildman–Crippen LogP) is 1.00. The van der Waals surface area contributed by atoms with Crippen LogP contribution in [0, 0.1) is 5.95 Å². The summed E-state index contributed by atoms with van der Waals surface area (Å²) in [6, 6.07) is 1.92. The zero-order valence-corrected chi connectivity index (χ0v) is 10.5. The van der Waals surface area contributed by atoms with E-state index in [1.54, 1.807) is 17.9 Å². The monoisotopic (exact) mass is 259 g/mol. The third-order valence-electron chi connectivity index (χ3n) is 2.48. The first kappa shape index (κ1) is 13.7. The normalized spacial score (nSPS) is 10.3. The van der Waals surface area contributed by atoms with Gasteiger partial charge in [-0.3, -0.25) is 4.68 Å². The van der Waals surface area contributed by atoms with Gasteiger partial charge in [-0.05, 0) is 6.07 Å². The molecule has 0 aliphatic rings. The Morgan fingerprint density at radius 2 is 2.00 bits per heavy atom. The number of halogens is 2. The average Bonchev–Trinajstić information content (AvgIpc) is 2.80. The molecule has 2 heterocycles. The lowest BCUT2D eigenvalue weighted by atomic mass is 10.3. The van der Waals surface area contributed by atoms with Crippen LogP contribution in [0.5, 0.6) is 0 Å². The Morgan fingerprint density at radius 1 is 1.24 bits per heavy atom. The summed E-state index contributed by atoms with van der Waals surface area (Å²) in [6.07, 6.45) is 3.27. The van der Waals surface area contributed by atoms with E-state index in [1.807, 2.05) is 13.1 Å². The lowest BCUT2D eigenvalue weighted by Crippen LogP contribution is -2.15. The predicted molar refractivity (Wildman–Crippen MR) is 64.2 cm³/mol. The topological polar surface area (TPSA) is 47.7 Å². The maximum atomic E-state index is 13.3. The zero-order valence-electron chi connectivity index (χ0n) is 9.72. The van der Waals surface area contributed by atoms with Crippen molar-refractivity contribution in [3.05, 3.63) is 35.7 Å². The summed E-state index contributed by atoms with van der Waals surface area (Å²) in [7, 11) is 3.46. The summed E-state index contributed by atoms with van der Waals surface area (Å²) in [5.74, 6) is -0.294. The van der Waals surface area contributed by atoms with E-state index in [1.165, 1.54) is 10.9 Å². The summed E-state index contributed by atoms with van der Waals surface area (Å²) in [5.41, 5.74) is 1.63. The van der Waals surface area contributed by atoms with E-state index in [-0.39, 0.29) is 18.4 Å². The van der Waals surface area contributed by atoms with E-state index >= 15 is 0 Å². The largest absolute Gasteiger partial charge is 0.307 e. The van der Waals surface area contributed by atoms with Gasteiger partial charge in [0.1, 0.15) is 0 Å². The second kappa shape index (κ2) is 5.79. The van der Waals surface area contributed by atoms with Crippen molar-refractivity contribution in [2.75, 3.05) is 0 Å². The number of hydrogen-bond donors (Lipinski definition) is 1. The molecule has 94 valence electrons. The summed E-state index contributed by atoms with van der Waals surface area (Å²) < 4.78 is 16.4. The minimum absolute atomic E-state index is 0. The molecule has 5 nitrogen and oxygen atoms in total. The maximum Gasteiger partial charge on any atom is 0.215 e. The van der Waals surface area contributed by atoms with Gasteiger partial charge in [0.15, 0.2) is 0 Å². The quantitative estimate of drug-likeness (QED) is 0.891. The molecule has 0 radical (unpaired) electrons. The van der Waals surface area contributed by atoms with E-state index in [2.05, 4.69) is 15.5 Å². The molecule has 0 fully saturated rings. The van der Waals surface area contributed by atoms with Crippen molar-refractivity contribution in [1.29, 1.82) is 0 Å². The molecule has 2 rings (SSSR count). The highest BCUT2D eigenvalue weighted by molar-refractivity contribution is 5.85. The molecular formula is C10H15ClFN5. The molecule has 2 aromatic heterocycles. The highest BCUT2D eigenvalue weighted by Crippen LogP contribution is 2.04. The fraction of sp³-hybridized carbons (Fsp3) is 0.400. The molecule has 0 atom stereocenters. The lowest BCUT2D eigenvalue weighted by Gasteiger charge is -2.03. The van der Waals surface area contributed by atoms with Crippen LogP contribution in [0.4, 0.5) is 4.39 Å². The van der Waals surface area contributed by atoms with Gasteiger partial charge in [-0.25, -0.2) is 4.68 Å². The molecule has 0 amide bonds. The molecular weight excluding hydrogens is 245 g/mol. The first-order chi connectivity index (χ1) is 7.68. The average molecular weight is 260 g/mol. The second-order valence-corrected chi connectivity index (χ2v) is 3.63. The summed E-state index contributed by atoms with van der Waals surface area (Å²) in [4.78, 5) is 0.